The van der Waals surface area contributed by atoms with E-state index in [1.165, 1.54) is 0 Å². The van der Waals surface area contributed by atoms with Crippen LogP contribution < -0.4 is 17.0 Å². The zero-order valence-electron chi connectivity index (χ0n) is 8.66. The summed E-state index contributed by atoms with van der Waals surface area (Å²) in [5, 5.41) is 8.43. The van der Waals surface area contributed by atoms with Gasteiger partial charge in [-0.15, -0.1) is 6.42 Å². The maximum Gasteiger partial charge on any atom is 2.00 e. The number of hydrogen-bond acceptors (Lipinski definition) is 2. The van der Waals surface area contributed by atoms with Crippen molar-refractivity contribution in [1.29, 1.82) is 0 Å². The molecule has 0 aromatic carbocycles. The van der Waals surface area contributed by atoms with Gasteiger partial charge in [-0.25, -0.2) is 0 Å². The van der Waals surface area contributed by atoms with Gasteiger partial charge in [-0.3, -0.25) is 0 Å². The molecule has 0 aromatic heterocycles. The van der Waals surface area contributed by atoms with Gasteiger partial charge in [0.05, 0.1) is 0 Å². The van der Waals surface area contributed by atoms with E-state index >= 15 is 0 Å². The minimum absolute atomic E-state index is 0. The van der Waals surface area contributed by atoms with Crippen LogP contribution >= 0.6 is 0 Å². The summed E-state index contributed by atoms with van der Waals surface area (Å²) in [6, 6.07) is 0. The van der Waals surface area contributed by atoms with E-state index in [1.54, 1.807) is 0 Å². The van der Waals surface area contributed by atoms with E-state index in [2.05, 4.69) is 12.3 Å². The molecule has 0 heterocycles. The Kier molecular flexibility index (Phi) is 79.7. The fourth-order valence-electron chi connectivity index (χ4n) is 0.118. The van der Waals surface area contributed by atoms with Gasteiger partial charge in [-0.05, 0) is 6.42 Å². The van der Waals surface area contributed by atoms with Crippen LogP contribution in [0.5, 0.6) is 0 Å². The number of aliphatic hydroxyl groups excluding tert-OH is 1. The Morgan fingerprint density at radius 3 is 1.79 bits per heavy atom. The Bertz CT molecular complexity index is 141. The summed E-state index contributed by atoms with van der Waals surface area (Å²) < 4.78 is 0. The first-order chi connectivity index (χ1) is 5.72. The van der Waals surface area contributed by atoms with Gasteiger partial charge in [0.2, 0.25) is 0 Å². The Morgan fingerprint density at radius 1 is 1.50 bits per heavy atom. The van der Waals surface area contributed by atoms with Crippen molar-refractivity contribution in [2.24, 2.45) is 0 Å². The molecular weight excluding hydrogens is 256 g/mol. The first kappa shape index (κ1) is 29.2. The van der Waals surface area contributed by atoms with Crippen molar-refractivity contribution < 1.29 is 26.9 Å². The average Bonchev–Trinajstić information content (AvgIpc) is 2.20. The van der Waals surface area contributed by atoms with Crippen LogP contribution in [0.25, 0.3) is 0 Å². The topological polar surface area (TPSA) is 37.3 Å². The van der Waals surface area contributed by atoms with Gasteiger partial charge in [0.15, 0.2) is 0 Å². The molecule has 0 bridgehead atoms. The molecule has 0 fully saturated rings. The number of terminal acetylenes is 2. The van der Waals surface area contributed by atoms with Crippen molar-refractivity contribution in [3.8, 4) is 18.8 Å². The summed E-state index contributed by atoms with van der Waals surface area (Å²) in [6.07, 6.45) is 15.4. The molecule has 0 rings (SSSR count). The monoisotopic (exact) mass is 270 g/mol. The van der Waals surface area contributed by atoms with Crippen LogP contribution in [-0.2, 0) is 4.79 Å². The smallest absolute Gasteiger partial charge is 1.00 e. The molecule has 0 amide bonds. The number of aliphatic hydroxyl groups is 1. The first-order valence-electron chi connectivity index (χ1n) is 3.59. The predicted octanol–water partition coefficient (Wildman–Crippen LogP) is -2.19. The molecule has 0 saturated carbocycles. The Balaban J connectivity index is -0.0000000302. The van der Waals surface area contributed by atoms with E-state index in [0.29, 0.717) is 12.8 Å². The van der Waals surface area contributed by atoms with Crippen LogP contribution in [0.1, 0.15) is 26.7 Å². The van der Waals surface area contributed by atoms with Crippen LogP contribution in [0.3, 0.4) is 0 Å². The third-order valence-corrected chi connectivity index (χ3v) is 0.746. The Labute approximate surface area is 114 Å². The van der Waals surface area contributed by atoms with Crippen LogP contribution in [0, 0.1) is 25.2 Å². The van der Waals surface area contributed by atoms with E-state index in [-0.39, 0.29) is 40.0 Å². The molecular formula is C10H15BrMgO2. The summed E-state index contributed by atoms with van der Waals surface area (Å²) in [6.45, 7) is 3.65. The molecule has 0 saturated heterocycles. The third-order valence-electron chi connectivity index (χ3n) is 0.746. The van der Waals surface area contributed by atoms with E-state index in [1.807, 2.05) is 13.8 Å². The number of carbonyl (C=O) groups is 1. The fourth-order valence-corrected chi connectivity index (χ4v) is 0.118. The number of aldehydes is 1. The molecule has 0 spiro atoms. The second-order valence-electron chi connectivity index (χ2n) is 1.67. The summed E-state index contributed by atoms with van der Waals surface area (Å²) in [4.78, 5) is 9.17. The molecule has 4 heteroatoms. The number of rotatable bonds is 2. The molecule has 0 radical (unpaired) electrons. The summed E-state index contributed by atoms with van der Waals surface area (Å²) in [5.74, 6) is 2.17. The fraction of sp³-hybridized carbons (Fsp3) is 0.500. The van der Waals surface area contributed by atoms with Crippen LogP contribution in [0.15, 0.2) is 0 Å². The van der Waals surface area contributed by atoms with Crippen molar-refractivity contribution >= 4 is 29.3 Å². The minimum Gasteiger partial charge on any atom is -1.00 e. The predicted molar refractivity (Wildman–Crippen MR) is 55.4 cm³/mol. The van der Waals surface area contributed by atoms with Gasteiger partial charge in [0, 0.05) is 6.42 Å². The van der Waals surface area contributed by atoms with Crippen molar-refractivity contribution in [3.05, 3.63) is 6.42 Å². The van der Waals surface area contributed by atoms with Crippen molar-refractivity contribution in [1.82, 2.24) is 0 Å². The summed E-state index contributed by atoms with van der Waals surface area (Å²) >= 11 is 0. The van der Waals surface area contributed by atoms with Gasteiger partial charge in [0.25, 0.3) is 0 Å². The Morgan fingerprint density at radius 2 is 1.79 bits per heavy atom. The van der Waals surface area contributed by atoms with Gasteiger partial charge in [-0.2, -0.15) is 0 Å². The number of halogens is 1. The SMILES string of the molecule is C#CC(O)CC.CCC=O.[Br-].[C-]#C.[Mg+2]. The second-order valence-corrected chi connectivity index (χ2v) is 1.67. The normalized spacial score (nSPS) is 7.43. The molecule has 1 unspecified atom stereocenters. The second kappa shape index (κ2) is 38.2. The summed E-state index contributed by atoms with van der Waals surface area (Å²) in [7, 11) is 0. The van der Waals surface area contributed by atoms with E-state index < -0.39 is 6.10 Å². The number of carbonyl (C=O) groups excluding carboxylic acids is 1. The maximum absolute atomic E-state index is 9.17. The molecule has 0 aliphatic heterocycles. The number of hydrogen-bond donors (Lipinski definition) is 1. The molecule has 1 N–H and O–H groups in total. The molecule has 0 aromatic rings. The minimum atomic E-state index is -0.537. The molecule has 0 aliphatic rings. The molecule has 76 valence electrons. The average molecular weight is 271 g/mol. The van der Waals surface area contributed by atoms with Crippen molar-refractivity contribution in [2.45, 2.75) is 32.8 Å². The zero-order valence-corrected chi connectivity index (χ0v) is 11.7. The van der Waals surface area contributed by atoms with Crippen LogP contribution in [-0.4, -0.2) is 40.5 Å². The first-order valence-corrected chi connectivity index (χ1v) is 3.59. The van der Waals surface area contributed by atoms with Crippen molar-refractivity contribution in [2.75, 3.05) is 0 Å². The molecule has 14 heavy (non-hydrogen) atoms. The maximum atomic E-state index is 9.17. The molecule has 2 nitrogen and oxygen atoms in total. The van der Waals surface area contributed by atoms with Gasteiger partial charge in [-0.1, -0.05) is 19.8 Å². The van der Waals surface area contributed by atoms with Crippen LogP contribution in [0.2, 0.25) is 0 Å². The molecule has 1 atom stereocenters. The van der Waals surface area contributed by atoms with E-state index in [9.17, 15) is 4.79 Å². The van der Waals surface area contributed by atoms with Gasteiger partial charge < -0.3 is 39.7 Å². The zero-order chi connectivity index (χ0) is 10.4. The molecule has 0 aliphatic carbocycles. The standard InChI is InChI=1S/C5H8O.C3H6O.C2H.BrH.Mg/c1-3-5(6)4-2;1-2-3-4;1-2;;/h1,5-6H,4H2,2H3;3H,2H2,1H3;1H;1H;/q;;-1;;+2/p-1. The Hall–Kier alpha value is -0.00377. The van der Waals surface area contributed by atoms with Crippen molar-refractivity contribution in [3.63, 3.8) is 0 Å². The van der Waals surface area contributed by atoms with E-state index in [4.69, 9.17) is 18.0 Å². The van der Waals surface area contributed by atoms with Gasteiger partial charge in [0.1, 0.15) is 12.4 Å². The van der Waals surface area contributed by atoms with Crippen LogP contribution in [0.4, 0.5) is 0 Å². The quantitative estimate of drug-likeness (QED) is 0.268. The largest absolute Gasteiger partial charge is 2.00 e. The van der Waals surface area contributed by atoms with E-state index in [0.717, 1.165) is 6.29 Å². The third kappa shape index (κ3) is 58.1. The summed E-state index contributed by atoms with van der Waals surface area (Å²) in [5.41, 5.74) is 0. The van der Waals surface area contributed by atoms with Gasteiger partial charge >= 0.3 is 23.1 Å².